The Morgan fingerprint density at radius 2 is 1.67 bits per heavy atom. The van der Waals surface area contributed by atoms with Crippen LogP contribution in [0.4, 0.5) is 0 Å². The molecule has 0 atom stereocenters. The molecular formula is C6H21N2O3P. The molecule has 78 valence electrons. The lowest BCUT2D eigenvalue weighted by Gasteiger charge is -2.28. The van der Waals surface area contributed by atoms with Gasteiger partial charge in [0.1, 0.15) is 0 Å². The number of hydrogen-bond donors (Lipinski definition) is 2. The fraction of sp³-hybridized carbons (Fsp3) is 1.00. The number of quaternary nitrogens is 2. The van der Waals surface area contributed by atoms with Gasteiger partial charge in [-0.2, -0.15) is 8.60 Å². The summed E-state index contributed by atoms with van der Waals surface area (Å²) in [6, 6.07) is 0. The lowest BCUT2D eigenvalue weighted by atomic mass is 10.2. The fourth-order valence-corrected chi connectivity index (χ4v) is 0.946. The Labute approximate surface area is 75.3 Å². The predicted molar refractivity (Wildman–Crippen MR) is 49.0 cm³/mol. The van der Waals surface area contributed by atoms with E-state index in [4.69, 9.17) is 0 Å². The van der Waals surface area contributed by atoms with E-state index in [0.29, 0.717) is 6.61 Å². The third-order valence-corrected chi connectivity index (χ3v) is 1.59. The van der Waals surface area contributed by atoms with Gasteiger partial charge in [-0.1, -0.05) is 26.2 Å². The first kappa shape index (κ1) is 18.1. The van der Waals surface area contributed by atoms with Gasteiger partial charge in [0.25, 0.3) is 0 Å². The van der Waals surface area contributed by atoms with Crippen molar-refractivity contribution in [3.05, 3.63) is 0 Å². The Morgan fingerprint density at radius 1 is 1.08 bits per heavy atom. The molecule has 0 aliphatic rings. The molecule has 0 fully saturated rings. The molecule has 0 aromatic carbocycles. The molecule has 0 aliphatic carbocycles. The molecule has 5 nitrogen and oxygen atoms in total. The van der Waals surface area contributed by atoms with E-state index < -0.39 is 8.60 Å². The second-order valence-electron chi connectivity index (χ2n) is 2.12. The summed E-state index contributed by atoms with van der Waals surface area (Å²) >= 11 is 0. The van der Waals surface area contributed by atoms with Crippen LogP contribution in [0.25, 0.3) is 0 Å². The average Bonchev–Trinajstić information content (AvgIpc) is 1.87. The monoisotopic (exact) mass is 200 g/mol. The first-order valence-electron chi connectivity index (χ1n) is 3.54. The van der Waals surface area contributed by atoms with Crippen molar-refractivity contribution in [1.29, 1.82) is 0 Å². The van der Waals surface area contributed by atoms with Gasteiger partial charge in [-0.25, -0.2) is 0 Å². The zero-order valence-electron chi connectivity index (χ0n) is 8.21. The van der Waals surface area contributed by atoms with Crippen LogP contribution in [0.5, 0.6) is 0 Å². The summed E-state index contributed by atoms with van der Waals surface area (Å²) in [5.41, 5.74) is 0. The second kappa shape index (κ2) is 13.8. The van der Waals surface area contributed by atoms with Crippen LogP contribution in [0.15, 0.2) is 0 Å². The van der Waals surface area contributed by atoms with Gasteiger partial charge >= 0.3 is 0 Å². The molecule has 0 radical (unpaired) electrons. The van der Waals surface area contributed by atoms with Gasteiger partial charge < -0.3 is 26.6 Å². The molecule has 0 spiro atoms. The Hall–Kier alpha value is 0.230. The molecule has 0 rings (SSSR count). The van der Waals surface area contributed by atoms with Gasteiger partial charge in [-0.3, -0.25) is 0 Å². The molecule has 0 unspecified atom stereocenters. The standard InChI is InChI=1S/C6H13O3P.2H3N/c1-2-3-4-5-6-9-10(7)8;;/h2-6H2,1H3;2*1H3/q-2;;/p+2. The maximum atomic E-state index is 9.85. The summed E-state index contributed by atoms with van der Waals surface area (Å²) in [5.74, 6) is 0. The molecule has 0 heterocycles. The molecule has 12 heavy (non-hydrogen) atoms. The summed E-state index contributed by atoms with van der Waals surface area (Å²) in [6.07, 6.45) is 4.21. The van der Waals surface area contributed by atoms with E-state index in [-0.39, 0.29) is 12.3 Å². The van der Waals surface area contributed by atoms with Crippen LogP contribution in [0.3, 0.4) is 0 Å². The molecule has 6 heteroatoms. The molecule has 8 N–H and O–H groups in total. The first-order valence-corrected chi connectivity index (χ1v) is 4.64. The van der Waals surface area contributed by atoms with Crippen molar-refractivity contribution >= 4 is 8.60 Å². The van der Waals surface area contributed by atoms with Gasteiger partial charge in [0.2, 0.25) is 0 Å². The topological polar surface area (TPSA) is 128 Å². The minimum absolute atomic E-state index is 0. The minimum atomic E-state index is -2.62. The summed E-state index contributed by atoms with van der Waals surface area (Å²) in [6.45, 7) is 2.45. The number of unbranched alkanes of at least 4 members (excludes halogenated alkanes) is 3. The Balaban J connectivity index is -0.000000405. The second-order valence-corrected chi connectivity index (χ2v) is 2.82. The molecule has 0 aliphatic heterocycles. The van der Waals surface area contributed by atoms with Crippen molar-refractivity contribution in [3.63, 3.8) is 0 Å². The van der Waals surface area contributed by atoms with Crippen LogP contribution in [-0.2, 0) is 4.52 Å². The maximum absolute atomic E-state index is 9.85. The van der Waals surface area contributed by atoms with Gasteiger partial charge in [0.15, 0.2) is 0 Å². The van der Waals surface area contributed by atoms with Crippen LogP contribution in [0, 0.1) is 0 Å². The third-order valence-electron chi connectivity index (χ3n) is 1.19. The van der Waals surface area contributed by atoms with Crippen molar-refractivity contribution in [2.45, 2.75) is 32.6 Å². The maximum Gasteiger partial charge on any atom is 0.0476 e. The largest absolute Gasteiger partial charge is 0.820 e. The van der Waals surface area contributed by atoms with Crippen LogP contribution in [-0.4, -0.2) is 6.61 Å². The molecule has 0 saturated carbocycles. The SMILES string of the molecule is CCCCCCOP([O-])[O-].[NH4+].[NH4+]. The highest BCUT2D eigenvalue weighted by Gasteiger charge is 1.85. The summed E-state index contributed by atoms with van der Waals surface area (Å²) < 4.78 is 4.34. The van der Waals surface area contributed by atoms with E-state index in [9.17, 15) is 9.79 Å². The Bertz CT molecular complexity index is 75.8. The minimum Gasteiger partial charge on any atom is -0.820 e. The number of rotatable bonds is 6. The summed E-state index contributed by atoms with van der Waals surface area (Å²) in [4.78, 5) is 19.7. The smallest absolute Gasteiger partial charge is 0.0476 e. The van der Waals surface area contributed by atoms with E-state index >= 15 is 0 Å². The van der Waals surface area contributed by atoms with Gasteiger partial charge in [0.05, 0.1) is 0 Å². The lowest BCUT2D eigenvalue weighted by Crippen LogP contribution is -2.11. The van der Waals surface area contributed by atoms with Gasteiger partial charge in [0, 0.05) is 6.61 Å². The average molecular weight is 200 g/mol. The normalized spacial score (nSPS) is 9.00. The van der Waals surface area contributed by atoms with Crippen molar-refractivity contribution in [1.82, 2.24) is 12.3 Å². The highest BCUT2D eigenvalue weighted by molar-refractivity contribution is 7.36. The molecule has 0 aromatic rings. The molecule has 0 saturated heterocycles. The van der Waals surface area contributed by atoms with Crippen molar-refractivity contribution < 1.29 is 14.3 Å². The van der Waals surface area contributed by atoms with Crippen LogP contribution in [0.2, 0.25) is 0 Å². The van der Waals surface area contributed by atoms with Gasteiger partial charge in [-0.05, 0) is 6.42 Å². The van der Waals surface area contributed by atoms with E-state index in [0.717, 1.165) is 25.7 Å². The van der Waals surface area contributed by atoms with E-state index in [1.807, 2.05) is 0 Å². The van der Waals surface area contributed by atoms with Gasteiger partial charge in [-0.15, -0.1) is 0 Å². The van der Waals surface area contributed by atoms with Crippen LogP contribution >= 0.6 is 8.60 Å². The molecule has 0 bridgehead atoms. The summed E-state index contributed by atoms with van der Waals surface area (Å²) in [5, 5.41) is 0. The molecule has 0 aromatic heterocycles. The fourth-order valence-electron chi connectivity index (χ4n) is 0.668. The lowest BCUT2D eigenvalue weighted by molar-refractivity contribution is -0.318. The van der Waals surface area contributed by atoms with Crippen molar-refractivity contribution in [2.24, 2.45) is 0 Å². The van der Waals surface area contributed by atoms with E-state index in [1.54, 1.807) is 0 Å². The Kier molecular flexibility index (Phi) is 20.8. The van der Waals surface area contributed by atoms with E-state index in [1.165, 1.54) is 0 Å². The summed E-state index contributed by atoms with van der Waals surface area (Å²) in [7, 11) is -2.62. The molecule has 0 amide bonds. The highest BCUT2D eigenvalue weighted by Crippen LogP contribution is 2.13. The molecular weight excluding hydrogens is 179 g/mol. The quantitative estimate of drug-likeness (QED) is 0.494. The number of hydrogen-bond acceptors (Lipinski definition) is 3. The van der Waals surface area contributed by atoms with Crippen molar-refractivity contribution in [3.8, 4) is 0 Å². The first-order chi connectivity index (χ1) is 4.77. The third kappa shape index (κ3) is 16.7. The Morgan fingerprint density at radius 3 is 2.08 bits per heavy atom. The van der Waals surface area contributed by atoms with Crippen molar-refractivity contribution in [2.75, 3.05) is 6.61 Å². The van der Waals surface area contributed by atoms with Crippen LogP contribution in [0.1, 0.15) is 32.6 Å². The zero-order valence-corrected chi connectivity index (χ0v) is 9.10. The zero-order chi connectivity index (χ0) is 7.82. The van der Waals surface area contributed by atoms with Crippen LogP contribution < -0.4 is 22.1 Å². The highest BCUT2D eigenvalue weighted by atomic mass is 31.2. The predicted octanol–water partition coefficient (Wildman–Crippen LogP) is 1.28. The van der Waals surface area contributed by atoms with E-state index in [2.05, 4.69) is 11.4 Å².